The molecule has 1 atom stereocenters. The van der Waals surface area contributed by atoms with Crippen molar-refractivity contribution in [3.63, 3.8) is 0 Å². The number of nitrogens with zero attached hydrogens (tertiary/aromatic N) is 1. The van der Waals surface area contributed by atoms with Crippen LogP contribution in [0.2, 0.25) is 0 Å². The van der Waals surface area contributed by atoms with E-state index in [1.807, 2.05) is 43.3 Å². The van der Waals surface area contributed by atoms with Gasteiger partial charge in [-0.3, -0.25) is 9.59 Å². The molecule has 5 nitrogen and oxygen atoms in total. The van der Waals surface area contributed by atoms with E-state index in [9.17, 15) is 9.59 Å². The van der Waals surface area contributed by atoms with E-state index in [-0.39, 0.29) is 24.2 Å². The lowest BCUT2D eigenvalue weighted by molar-refractivity contribution is -0.122. The second-order valence-electron chi connectivity index (χ2n) is 7.47. The average molecular weight is 378 g/mol. The number of nitrogens with one attached hydrogen (secondary N) is 1. The lowest BCUT2D eigenvalue weighted by Crippen LogP contribution is -2.28. The number of aryl methyl sites for hydroxylation is 1. The number of amides is 2. The molecular formula is C23H26N2O3. The zero-order valence-electron chi connectivity index (χ0n) is 16.2. The van der Waals surface area contributed by atoms with Gasteiger partial charge in [0.15, 0.2) is 0 Å². The fourth-order valence-electron chi connectivity index (χ4n) is 4.15. The number of benzene rings is 2. The maximum Gasteiger partial charge on any atom is 0.229 e. The van der Waals surface area contributed by atoms with Crippen molar-refractivity contribution in [1.82, 2.24) is 0 Å². The summed E-state index contributed by atoms with van der Waals surface area (Å²) in [4.78, 5) is 27.0. The van der Waals surface area contributed by atoms with Gasteiger partial charge in [0.05, 0.1) is 12.5 Å². The van der Waals surface area contributed by atoms with Crippen LogP contribution in [0.1, 0.15) is 37.3 Å². The minimum absolute atomic E-state index is 0.0144. The smallest absolute Gasteiger partial charge is 0.229 e. The lowest BCUT2D eigenvalue weighted by Gasteiger charge is -2.21. The fraction of sp³-hybridized carbons (Fsp3) is 0.391. The van der Waals surface area contributed by atoms with Crippen molar-refractivity contribution in [1.29, 1.82) is 0 Å². The van der Waals surface area contributed by atoms with Crippen LogP contribution in [0.4, 0.5) is 11.4 Å². The molecule has 0 radical (unpaired) electrons. The quantitative estimate of drug-likeness (QED) is 0.857. The van der Waals surface area contributed by atoms with Crippen LogP contribution < -0.4 is 15.0 Å². The van der Waals surface area contributed by atoms with Crippen LogP contribution >= 0.6 is 0 Å². The van der Waals surface area contributed by atoms with Crippen molar-refractivity contribution in [2.45, 2.75) is 39.0 Å². The molecule has 2 amide bonds. The SMILES string of the molecule is CCOc1ccc(N2CC(C(=O)Nc3cccc4c3CCCC4)CC2=O)cc1. The predicted molar refractivity (Wildman–Crippen MR) is 110 cm³/mol. The Bertz CT molecular complexity index is 876. The number of ether oxygens (including phenoxy) is 1. The average Bonchev–Trinajstić information content (AvgIpc) is 3.11. The first-order valence-corrected chi connectivity index (χ1v) is 10.1. The third-order valence-electron chi connectivity index (χ3n) is 5.61. The molecule has 1 unspecified atom stereocenters. The van der Waals surface area contributed by atoms with E-state index in [1.165, 1.54) is 17.5 Å². The van der Waals surface area contributed by atoms with E-state index in [0.717, 1.165) is 36.4 Å². The number of hydrogen-bond acceptors (Lipinski definition) is 3. The van der Waals surface area contributed by atoms with Gasteiger partial charge < -0.3 is 15.0 Å². The van der Waals surface area contributed by atoms with E-state index in [1.54, 1.807) is 4.90 Å². The molecule has 2 aromatic carbocycles. The molecule has 2 aromatic rings. The molecule has 4 rings (SSSR count). The van der Waals surface area contributed by atoms with Crippen LogP contribution in [0.5, 0.6) is 5.75 Å². The molecule has 0 bridgehead atoms. The molecule has 5 heteroatoms. The van der Waals surface area contributed by atoms with Gasteiger partial charge in [0, 0.05) is 24.3 Å². The van der Waals surface area contributed by atoms with Crippen molar-refractivity contribution in [3.8, 4) is 5.75 Å². The fourth-order valence-corrected chi connectivity index (χ4v) is 4.15. The van der Waals surface area contributed by atoms with Gasteiger partial charge in [-0.2, -0.15) is 0 Å². The van der Waals surface area contributed by atoms with Crippen LogP contribution in [0.15, 0.2) is 42.5 Å². The van der Waals surface area contributed by atoms with Crippen molar-refractivity contribution in [2.75, 3.05) is 23.4 Å². The van der Waals surface area contributed by atoms with Gasteiger partial charge in [-0.1, -0.05) is 12.1 Å². The highest BCUT2D eigenvalue weighted by atomic mass is 16.5. The maximum atomic E-state index is 12.9. The maximum absolute atomic E-state index is 12.9. The molecule has 1 N–H and O–H groups in total. The number of anilines is 2. The summed E-state index contributed by atoms with van der Waals surface area (Å²) in [5, 5.41) is 3.09. The first-order chi connectivity index (χ1) is 13.7. The summed E-state index contributed by atoms with van der Waals surface area (Å²) in [5.74, 6) is 0.361. The number of rotatable bonds is 5. The zero-order valence-corrected chi connectivity index (χ0v) is 16.2. The molecule has 1 heterocycles. The molecule has 2 aliphatic rings. The summed E-state index contributed by atoms with van der Waals surface area (Å²) < 4.78 is 5.45. The first kappa shape index (κ1) is 18.5. The van der Waals surface area contributed by atoms with Gasteiger partial charge in [0.1, 0.15) is 5.75 Å². The number of carbonyl (C=O) groups is 2. The summed E-state index contributed by atoms with van der Waals surface area (Å²) in [5.41, 5.74) is 4.31. The molecule has 0 aromatic heterocycles. The molecule has 28 heavy (non-hydrogen) atoms. The predicted octanol–water partition coefficient (Wildman–Crippen LogP) is 3.96. The van der Waals surface area contributed by atoms with Crippen molar-refractivity contribution < 1.29 is 14.3 Å². The molecule has 0 spiro atoms. The van der Waals surface area contributed by atoms with Crippen LogP contribution in [0.25, 0.3) is 0 Å². The van der Waals surface area contributed by atoms with Gasteiger partial charge in [-0.15, -0.1) is 0 Å². The molecule has 1 fully saturated rings. The number of hydrogen-bond donors (Lipinski definition) is 1. The lowest BCUT2D eigenvalue weighted by atomic mass is 9.90. The van der Waals surface area contributed by atoms with Gasteiger partial charge in [0.2, 0.25) is 11.8 Å². The van der Waals surface area contributed by atoms with E-state index < -0.39 is 0 Å². The summed E-state index contributed by atoms with van der Waals surface area (Å²) >= 11 is 0. The molecule has 0 saturated carbocycles. The Morgan fingerprint density at radius 3 is 2.71 bits per heavy atom. The van der Waals surface area contributed by atoms with Crippen LogP contribution in [0.3, 0.4) is 0 Å². The second kappa shape index (κ2) is 8.05. The Morgan fingerprint density at radius 2 is 1.93 bits per heavy atom. The first-order valence-electron chi connectivity index (χ1n) is 10.1. The highest BCUT2D eigenvalue weighted by Crippen LogP contribution is 2.30. The van der Waals surface area contributed by atoms with Gasteiger partial charge in [-0.25, -0.2) is 0 Å². The zero-order chi connectivity index (χ0) is 19.5. The van der Waals surface area contributed by atoms with Gasteiger partial charge in [0.25, 0.3) is 0 Å². The number of fused-ring (bicyclic) bond motifs is 1. The van der Waals surface area contributed by atoms with Crippen LogP contribution in [-0.2, 0) is 22.4 Å². The minimum Gasteiger partial charge on any atom is -0.494 e. The highest BCUT2D eigenvalue weighted by Gasteiger charge is 2.35. The Labute approximate surface area is 165 Å². The Balaban J connectivity index is 1.44. The Morgan fingerprint density at radius 1 is 1.14 bits per heavy atom. The monoisotopic (exact) mass is 378 g/mol. The topological polar surface area (TPSA) is 58.6 Å². The molecule has 146 valence electrons. The van der Waals surface area contributed by atoms with Crippen molar-refractivity contribution in [3.05, 3.63) is 53.6 Å². The molecule has 1 aliphatic carbocycles. The summed E-state index contributed by atoms with van der Waals surface area (Å²) in [6.45, 7) is 2.95. The Kier molecular flexibility index (Phi) is 5.33. The van der Waals surface area contributed by atoms with Crippen LogP contribution in [0, 0.1) is 5.92 Å². The van der Waals surface area contributed by atoms with E-state index in [4.69, 9.17) is 4.74 Å². The van der Waals surface area contributed by atoms with Gasteiger partial charge in [-0.05, 0) is 74.1 Å². The second-order valence-corrected chi connectivity index (χ2v) is 7.47. The number of carbonyl (C=O) groups excluding carboxylic acids is 2. The van der Waals surface area contributed by atoms with Crippen molar-refractivity contribution in [2.24, 2.45) is 5.92 Å². The highest BCUT2D eigenvalue weighted by molar-refractivity contribution is 6.03. The normalized spacial score (nSPS) is 18.7. The summed E-state index contributed by atoms with van der Waals surface area (Å²) in [7, 11) is 0. The van der Waals surface area contributed by atoms with Crippen LogP contribution in [-0.4, -0.2) is 25.0 Å². The van der Waals surface area contributed by atoms with Gasteiger partial charge >= 0.3 is 0 Å². The van der Waals surface area contributed by atoms with E-state index >= 15 is 0 Å². The standard InChI is InChI=1S/C23H26N2O3/c1-2-28-19-12-10-18(11-13-19)25-15-17(14-22(25)26)23(27)24-21-9-5-7-16-6-3-4-8-20(16)21/h5,7,9-13,17H,2-4,6,8,14-15H2,1H3,(H,24,27). The third kappa shape index (κ3) is 3.75. The van der Waals surface area contributed by atoms with Crippen molar-refractivity contribution >= 4 is 23.2 Å². The summed E-state index contributed by atoms with van der Waals surface area (Å²) in [6.07, 6.45) is 4.69. The molecule has 1 saturated heterocycles. The Hall–Kier alpha value is -2.82. The third-order valence-corrected chi connectivity index (χ3v) is 5.61. The minimum atomic E-state index is -0.335. The largest absolute Gasteiger partial charge is 0.494 e. The van der Waals surface area contributed by atoms with E-state index in [0.29, 0.717) is 13.2 Å². The molecular weight excluding hydrogens is 352 g/mol. The molecule has 1 aliphatic heterocycles. The van der Waals surface area contributed by atoms with E-state index in [2.05, 4.69) is 11.4 Å². The summed E-state index contributed by atoms with van der Waals surface area (Å²) in [6, 6.07) is 13.6.